The number of benzene rings is 1. The second-order valence-electron chi connectivity index (χ2n) is 3.66. The quantitative estimate of drug-likeness (QED) is 0.844. The van der Waals surface area contributed by atoms with Crippen molar-refractivity contribution in [3.63, 3.8) is 0 Å². The van der Waals surface area contributed by atoms with Crippen molar-refractivity contribution in [2.45, 2.75) is 26.0 Å². The van der Waals surface area contributed by atoms with Crippen molar-refractivity contribution in [1.29, 1.82) is 0 Å². The molecule has 0 aliphatic rings. The van der Waals surface area contributed by atoms with E-state index >= 15 is 0 Å². The van der Waals surface area contributed by atoms with Crippen molar-refractivity contribution in [3.05, 3.63) is 28.2 Å². The molecule has 1 aromatic rings. The van der Waals surface area contributed by atoms with E-state index in [9.17, 15) is 5.11 Å². The summed E-state index contributed by atoms with van der Waals surface area (Å²) in [7, 11) is 1.89. The molecule has 0 spiro atoms. The fourth-order valence-corrected chi connectivity index (χ4v) is 1.73. The number of aliphatic hydroxyl groups is 1. The monoisotopic (exact) mass is 287 g/mol. The molecule has 1 unspecified atom stereocenters. The minimum atomic E-state index is -0.397. The number of rotatable bonds is 6. The molecule has 2 N–H and O–H groups in total. The number of aliphatic hydroxyl groups excluding tert-OH is 1. The predicted molar refractivity (Wildman–Crippen MR) is 68.7 cm³/mol. The molecule has 16 heavy (non-hydrogen) atoms. The molecule has 1 atom stereocenters. The number of hydrogen-bond donors (Lipinski definition) is 2. The SMILES string of the molecule is CCC(O)COc1ccc(Br)cc1CNC. The van der Waals surface area contributed by atoms with Crippen molar-refractivity contribution in [2.24, 2.45) is 0 Å². The van der Waals surface area contributed by atoms with Crippen LogP contribution in [0, 0.1) is 0 Å². The van der Waals surface area contributed by atoms with E-state index in [4.69, 9.17) is 4.74 Å². The van der Waals surface area contributed by atoms with Gasteiger partial charge in [-0.1, -0.05) is 22.9 Å². The van der Waals surface area contributed by atoms with Gasteiger partial charge in [0, 0.05) is 16.6 Å². The standard InChI is InChI=1S/C12H18BrNO2/c1-3-11(15)8-16-12-5-4-10(13)6-9(12)7-14-2/h4-6,11,14-15H,3,7-8H2,1-2H3. The van der Waals surface area contributed by atoms with Crippen molar-refractivity contribution < 1.29 is 9.84 Å². The van der Waals surface area contributed by atoms with Gasteiger partial charge in [-0.05, 0) is 31.7 Å². The molecule has 0 aliphatic heterocycles. The normalized spacial score (nSPS) is 12.5. The maximum absolute atomic E-state index is 9.44. The van der Waals surface area contributed by atoms with Crippen molar-refractivity contribution in [3.8, 4) is 5.75 Å². The van der Waals surface area contributed by atoms with E-state index in [-0.39, 0.29) is 0 Å². The third-order valence-corrected chi connectivity index (χ3v) is 2.79. The van der Waals surface area contributed by atoms with Crippen LogP contribution in [0.1, 0.15) is 18.9 Å². The number of hydrogen-bond acceptors (Lipinski definition) is 3. The molecule has 0 bridgehead atoms. The van der Waals surface area contributed by atoms with Gasteiger partial charge >= 0.3 is 0 Å². The fourth-order valence-electron chi connectivity index (χ4n) is 1.32. The molecule has 0 saturated carbocycles. The summed E-state index contributed by atoms with van der Waals surface area (Å²) in [5, 5.41) is 12.5. The lowest BCUT2D eigenvalue weighted by Crippen LogP contribution is -2.17. The summed E-state index contributed by atoms with van der Waals surface area (Å²) in [5.41, 5.74) is 1.08. The fraction of sp³-hybridized carbons (Fsp3) is 0.500. The average molecular weight is 288 g/mol. The van der Waals surface area contributed by atoms with Gasteiger partial charge in [-0.25, -0.2) is 0 Å². The maximum Gasteiger partial charge on any atom is 0.124 e. The first-order chi connectivity index (χ1) is 7.67. The van der Waals surface area contributed by atoms with Gasteiger partial charge in [0.2, 0.25) is 0 Å². The minimum absolute atomic E-state index is 0.342. The molecular formula is C12H18BrNO2. The highest BCUT2D eigenvalue weighted by atomic mass is 79.9. The zero-order chi connectivity index (χ0) is 12.0. The average Bonchev–Trinajstić information content (AvgIpc) is 2.28. The molecule has 4 heteroatoms. The van der Waals surface area contributed by atoms with Crippen LogP contribution >= 0.6 is 15.9 Å². The Morgan fingerprint density at radius 2 is 2.25 bits per heavy atom. The highest BCUT2D eigenvalue weighted by Crippen LogP contribution is 2.23. The van der Waals surface area contributed by atoms with Crippen molar-refractivity contribution in [1.82, 2.24) is 5.32 Å². The Morgan fingerprint density at radius 1 is 1.50 bits per heavy atom. The Bertz CT molecular complexity index is 331. The zero-order valence-electron chi connectivity index (χ0n) is 9.66. The van der Waals surface area contributed by atoms with Crippen LogP contribution in [0.2, 0.25) is 0 Å². The van der Waals surface area contributed by atoms with E-state index in [1.807, 2.05) is 32.2 Å². The van der Waals surface area contributed by atoms with E-state index in [2.05, 4.69) is 21.2 Å². The maximum atomic E-state index is 9.44. The molecule has 0 aromatic heterocycles. The molecule has 0 radical (unpaired) electrons. The molecular weight excluding hydrogens is 270 g/mol. The summed E-state index contributed by atoms with van der Waals surface area (Å²) in [4.78, 5) is 0. The molecule has 1 aromatic carbocycles. The minimum Gasteiger partial charge on any atom is -0.491 e. The van der Waals surface area contributed by atoms with Gasteiger partial charge in [-0.2, -0.15) is 0 Å². The summed E-state index contributed by atoms with van der Waals surface area (Å²) < 4.78 is 6.62. The van der Waals surface area contributed by atoms with Gasteiger partial charge in [-0.15, -0.1) is 0 Å². The van der Waals surface area contributed by atoms with Gasteiger partial charge in [0.1, 0.15) is 12.4 Å². The van der Waals surface area contributed by atoms with Crippen LogP contribution in [0.15, 0.2) is 22.7 Å². The second-order valence-corrected chi connectivity index (χ2v) is 4.57. The van der Waals surface area contributed by atoms with Gasteiger partial charge in [0.15, 0.2) is 0 Å². The highest BCUT2D eigenvalue weighted by molar-refractivity contribution is 9.10. The summed E-state index contributed by atoms with van der Waals surface area (Å²) >= 11 is 3.43. The topological polar surface area (TPSA) is 41.5 Å². The lowest BCUT2D eigenvalue weighted by Gasteiger charge is -2.14. The van der Waals surface area contributed by atoms with E-state index in [0.717, 1.165) is 22.3 Å². The molecule has 0 aliphatic carbocycles. The smallest absolute Gasteiger partial charge is 0.124 e. The van der Waals surface area contributed by atoms with Crippen molar-refractivity contribution in [2.75, 3.05) is 13.7 Å². The Morgan fingerprint density at radius 3 is 2.88 bits per heavy atom. The molecule has 0 amide bonds. The molecule has 1 rings (SSSR count). The predicted octanol–water partition coefficient (Wildman–Crippen LogP) is 2.32. The number of ether oxygens (including phenoxy) is 1. The van der Waals surface area contributed by atoms with Crippen LogP contribution in [0.4, 0.5) is 0 Å². The second kappa shape index (κ2) is 6.89. The summed E-state index contributed by atoms with van der Waals surface area (Å²) in [6.45, 7) is 3.02. The molecule has 0 saturated heterocycles. The number of halogens is 1. The third kappa shape index (κ3) is 4.12. The Kier molecular flexibility index (Phi) is 5.80. The molecule has 90 valence electrons. The van der Waals surface area contributed by atoms with E-state index in [1.165, 1.54) is 0 Å². The highest BCUT2D eigenvalue weighted by Gasteiger charge is 2.06. The van der Waals surface area contributed by atoms with Crippen LogP contribution in [-0.2, 0) is 6.54 Å². The molecule has 0 heterocycles. The van der Waals surface area contributed by atoms with Gasteiger partial charge in [-0.3, -0.25) is 0 Å². The van der Waals surface area contributed by atoms with E-state index in [1.54, 1.807) is 0 Å². The number of nitrogens with one attached hydrogen (secondary N) is 1. The lowest BCUT2D eigenvalue weighted by atomic mass is 10.2. The van der Waals surface area contributed by atoms with Crippen LogP contribution in [0.5, 0.6) is 5.75 Å². The van der Waals surface area contributed by atoms with Gasteiger partial charge < -0.3 is 15.2 Å². The van der Waals surface area contributed by atoms with E-state index < -0.39 is 6.10 Å². The Hall–Kier alpha value is -0.580. The molecule has 0 fully saturated rings. The summed E-state index contributed by atoms with van der Waals surface area (Å²) in [6.07, 6.45) is 0.309. The summed E-state index contributed by atoms with van der Waals surface area (Å²) in [6, 6.07) is 5.87. The first kappa shape index (κ1) is 13.5. The third-order valence-electron chi connectivity index (χ3n) is 2.29. The Balaban J connectivity index is 2.70. The van der Waals surface area contributed by atoms with Gasteiger partial charge in [0.25, 0.3) is 0 Å². The van der Waals surface area contributed by atoms with E-state index in [0.29, 0.717) is 13.0 Å². The summed E-state index contributed by atoms with van der Waals surface area (Å²) in [5.74, 6) is 0.824. The largest absolute Gasteiger partial charge is 0.491 e. The van der Waals surface area contributed by atoms with Crippen LogP contribution in [-0.4, -0.2) is 24.9 Å². The first-order valence-corrected chi connectivity index (χ1v) is 6.20. The van der Waals surface area contributed by atoms with Crippen molar-refractivity contribution >= 4 is 15.9 Å². The van der Waals surface area contributed by atoms with Crippen LogP contribution in [0.25, 0.3) is 0 Å². The molecule has 3 nitrogen and oxygen atoms in total. The Labute approximate surface area is 105 Å². The van der Waals surface area contributed by atoms with Gasteiger partial charge in [0.05, 0.1) is 6.10 Å². The van der Waals surface area contributed by atoms with Crippen LogP contribution in [0.3, 0.4) is 0 Å². The van der Waals surface area contributed by atoms with Crippen LogP contribution < -0.4 is 10.1 Å². The first-order valence-electron chi connectivity index (χ1n) is 5.41. The lowest BCUT2D eigenvalue weighted by molar-refractivity contribution is 0.104. The zero-order valence-corrected chi connectivity index (χ0v) is 11.3.